The first-order valence-corrected chi connectivity index (χ1v) is 6.81. The predicted octanol–water partition coefficient (Wildman–Crippen LogP) is 3.87. The van der Waals surface area contributed by atoms with Gasteiger partial charge in [0.25, 0.3) is 0 Å². The van der Waals surface area contributed by atoms with Crippen molar-refractivity contribution >= 4 is 5.69 Å². The third kappa shape index (κ3) is 2.46. The molecule has 0 bridgehead atoms. The van der Waals surface area contributed by atoms with E-state index in [0.29, 0.717) is 0 Å². The van der Waals surface area contributed by atoms with E-state index in [-0.39, 0.29) is 5.82 Å². The fourth-order valence-electron chi connectivity index (χ4n) is 2.62. The molecule has 1 heterocycles. The highest BCUT2D eigenvalue weighted by Crippen LogP contribution is 2.46. The molecule has 2 heteroatoms. The molecule has 2 aliphatic rings. The lowest BCUT2D eigenvalue weighted by molar-refractivity contribution is 0.618. The van der Waals surface area contributed by atoms with E-state index in [1.165, 1.54) is 12.0 Å². The third-order valence-corrected chi connectivity index (χ3v) is 3.74. The number of halogens is 1. The zero-order valence-electron chi connectivity index (χ0n) is 11.0. The number of aryl methyl sites for hydroxylation is 1. The van der Waals surface area contributed by atoms with Gasteiger partial charge >= 0.3 is 0 Å². The molecule has 1 nitrogen and oxygen atoms in total. The number of benzene rings is 1. The normalized spacial score (nSPS) is 25.1. The standard InChI is InChI=1S/C13H16FN.C2H6/c1-2-9-3-4-12(14)13(5-9)15-7-10-6-11(10)8-15;1-2/h3-5,10-11H,2,6-8H2,1H3;1-2H3. The number of rotatable bonds is 2. The summed E-state index contributed by atoms with van der Waals surface area (Å²) < 4.78 is 13.7. The molecule has 0 amide bonds. The van der Waals surface area contributed by atoms with Crippen LogP contribution in [0.5, 0.6) is 0 Å². The Balaban J connectivity index is 0.000000514. The van der Waals surface area contributed by atoms with Crippen LogP contribution in [0, 0.1) is 17.7 Å². The van der Waals surface area contributed by atoms with Crippen LogP contribution in [0.3, 0.4) is 0 Å². The van der Waals surface area contributed by atoms with E-state index in [0.717, 1.165) is 37.0 Å². The quantitative estimate of drug-likeness (QED) is 0.752. The Kier molecular flexibility index (Phi) is 3.70. The average molecular weight is 235 g/mol. The maximum Gasteiger partial charge on any atom is 0.146 e. The van der Waals surface area contributed by atoms with Crippen molar-refractivity contribution in [3.05, 3.63) is 29.6 Å². The molecule has 1 aliphatic carbocycles. The van der Waals surface area contributed by atoms with Gasteiger partial charge in [-0.3, -0.25) is 0 Å². The molecule has 1 aromatic carbocycles. The van der Waals surface area contributed by atoms with Gasteiger partial charge in [0.05, 0.1) is 5.69 Å². The number of piperidine rings is 1. The van der Waals surface area contributed by atoms with Crippen molar-refractivity contribution in [2.24, 2.45) is 11.8 Å². The molecule has 0 spiro atoms. The largest absolute Gasteiger partial charge is 0.369 e. The van der Waals surface area contributed by atoms with E-state index in [9.17, 15) is 4.39 Å². The molecule has 2 fully saturated rings. The van der Waals surface area contributed by atoms with Crippen molar-refractivity contribution in [1.29, 1.82) is 0 Å². The van der Waals surface area contributed by atoms with Gasteiger partial charge in [0, 0.05) is 13.1 Å². The van der Waals surface area contributed by atoms with Crippen LogP contribution in [0.25, 0.3) is 0 Å². The average Bonchev–Trinajstić information content (AvgIpc) is 2.99. The lowest BCUT2D eigenvalue weighted by Gasteiger charge is -2.21. The Bertz CT molecular complexity index is 379. The summed E-state index contributed by atoms with van der Waals surface area (Å²) in [5.74, 6) is 1.65. The smallest absolute Gasteiger partial charge is 0.146 e. The Morgan fingerprint density at radius 3 is 2.47 bits per heavy atom. The van der Waals surface area contributed by atoms with Gasteiger partial charge in [-0.2, -0.15) is 0 Å². The maximum atomic E-state index is 13.7. The second-order valence-corrected chi connectivity index (χ2v) is 4.80. The number of hydrogen-bond donors (Lipinski definition) is 0. The molecular weight excluding hydrogens is 213 g/mol. The van der Waals surface area contributed by atoms with E-state index < -0.39 is 0 Å². The van der Waals surface area contributed by atoms with Crippen LogP contribution in [-0.4, -0.2) is 13.1 Å². The second-order valence-electron chi connectivity index (χ2n) is 4.80. The van der Waals surface area contributed by atoms with Gasteiger partial charge in [0.2, 0.25) is 0 Å². The van der Waals surface area contributed by atoms with E-state index in [1.54, 1.807) is 6.07 Å². The van der Waals surface area contributed by atoms with Gasteiger partial charge < -0.3 is 4.90 Å². The molecule has 0 N–H and O–H groups in total. The monoisotopic (exact) mass is 235 g/mol. The summed E-state index contributed by atoms with van der Waals surface area (Å²) in [6.45, 7) is 8.24. The highest BCUT2D eigenvalue weighted by molar-refractivity contribution is 5.52. The summed E-state index contributed by atoms with van der Waals surface area (Å²) in [6.07, 6.45) is 2.35. The van der Waals surface area contributed by atoms with Gasteiger partial charge in [-0.25, -0.2) is 4.39 Å². The lowest BCUT2D eigenvalue weighted by Crippen LogP contribution is -2.23. The number of hydrogen-bond acceptors (Lipinski definition) is 1. The van der Waals surface area contributed by atoms with Gasteiger partial charge in [-0.15, -0.1) is 0 Å². The molecule has 1 saturated heterocycles. The SMILES string of the molecule is CC.CCc1ccc(F)c(N2CC3CC3C2)c1. The van der Waals surface area contributed by atoms with Crippen LogP contribution in [-0.2, 0) is 6.42 Å². The molecule has 1 saturated carbocycles. The maximum absolute atomic E-state index is 13.7. The van der Waals surface area contributed by atoms with Crippen LogP contribution in [0.1, 0.15) is 32.8 Å². The van der Waals surface area contributed by atoms with Gasteiger partial charge in [-0.05, 0) is 42.4 Å². The first kappa shape index (κ1) is 12.4. The van der Waals surface area contributed by atoms with Gasteiger partial charge in [0.1, 0.15) is 5.82 Å². The molecule has 0 aromatic heterocycles. The third-order valence-electron chi connectivity index (χ3n) is 3.74. The molecule has 1 aliphatic heterocycles. The number of nitrogens with zero attached hydrogens (tertiary/aromatic N) is 1. The van der Waals surface area contributed by atoms with Crippen molar-refractivity contribution in [2.45, 2.75) is 33.6 Å². The summed E-state index contributed by atoms with van der Waals surface area (Å²) in [4.78, 5) is 2.22. The molecule has 1 aromatic rings. The second kappa shape index (κ2) is 5.07. The van der Waals surface area contributed by atoms with Gasteiger partial charge in [-0.1, -0.05) is 26.8 Å². The molecule has 3 rings (SSSR count). The predicted molar refractivity (Wildman–Crippen MR) is 70.9 cm³/mol. The van der Waals surface area contributed by atoms with E-state index in [2.05, 4.69) is 11.8 Å². The van der Waals surface area contributed by atoms with Crippen LogP contribution in [0.4, 0.5) is 10.1 Å². The van der Waals surface area contributed by atoms with Crippen molar-refractivity contribution in [1.82, 2.24) is 0 Å². The molecule has 0 radical (unpaired) electrons. The minimum absolute atomic E-state index is 0.0616. The molecule has 94 valence electrons. The number of anilines is 1. The zero-order chi connectivity index (χ0) is 12.4. The van der Waals surface area contributed by atoms with Crippen LogP contribution < -0.4 is 4.90 Å². The van der Waals surface area contributed by atoms with E-state index in [4.69, 9.17) is 0 Å². The zero-order valence-corrected chi connectivity index (χ0v) is 11.0. The number of fused-ring (bicyclic) bond motifs is 1. The summed E-state index contributed by atoms with van der Waals surface area (Å²) in [7, 11) is 0. The van der Waals surface area contributed by atoms with Crippen molar-refractivity contribution < 1.29 is 4.39 Å². The van der Waals surface area contributed by atoms with Crippen molar-refractivity contribution in [3.63, 3.8) is 0 Å². The molecule has 2 unspecified atom stereocenters. The van der Waals surface area contributed by atoms with Crippen LogP contribution in [0.2, 0.25) is 0 Å². The molecule has 2 atom stereocenters. The highest BCUT2D eigenvalue weighted by atomic mass is 19.1. The summed E-state index contributed by atoms with van der Waals surface area (Å²) in [5, 5.41) is 0. The summed E-state index contributed by atoms with van der Waals surface area (Å²) in [6, 6.07) is 5.51. The molecular formula is C15H22FN. The Labute approximate surface area is 104 Å². The van der Waals surface area contributed by atoms with Gasteiger partial charge in [0.15, 0.2) is 0 Å². The molecule has 17 heavy (non-hydrogen) atoms. The lowest BCUT2D eigenvalue weighted by atomic mass is 10.1. The van der Waals surface area contributed by atoms with Crippen LogP contribution >= 0.6 is 0 Å². The van der Waals surface area contributed by atoms with E-state index in [1.807, 2.05) is 26.0 Å². The minimum Gasteiger partial charge on any atom is -0.369 e. The Morgan fingerprint density at radius 2 is 1.88 bits per heavy atom. The fourth-order valence-corrected chi connectivity index (χ4v) is 2.62. The highest BCUT2D eigenvalue weighted by Gasteiger charge is 2.45. The van der Waals surface area contributed by atoms with Crippen LogP contribution in [0.15, 0.2) is 18.2 Å². The first-order valence-electron chi connectivity index (χ1n) is 6.81. The summed E-state index contributed by atoms with van der Waals surface area (Å²) >= 11 is 0. The van der Waals surface area contributed by atoms with E-state index >= 15 is 0 Å². The Hall–Kier alpha value is -1.05. The Morgan fingerprint density at radius 1 is 1.24 bits per heavy atom. The first-order chi connectivity index (χ1) is 8.28. The van der Waals surface area contributed by atoms with Crippen molar-refractivity contribution in [3.8, 4) is 0 Å². The topological polar surface area (TPSA) is 3.24 Å². The van der Waals surface area contributed by atoms with Crippen molar-refractivity contribution in [2.75, 3.05) is 18.0 Å². The fraction of sp³-hybridized carbons (Fsp3) is 0.600. The minimum atomic E-state index is -0.0616. The summed E-state index contributed by atoms with van der Waals surface area (Å²) in [5.41, 5.74) is 2.05.